The molecule has 10 nitrogen and oxygen atoms in total. The van der Waals surface area contributed by atoms with Gasteiger partial charge in [-0.1, -0.05) is 29.3 Å². The van der Waals surface area contributed by atoms with Gasteiger partial charge in [-0.15, -0.1) is 0 Å². The van der Waals surface area contributed by atoms with Crippen LogP contribution in [0.1, 0.15) is 18.4 Å². The topological polar surface area (TPSA) is 169 Å². The predicted octanol–water partition coefficient (Wildman–Crippen LogP) is 1.53. The normalized spacial score (nSPS) is 15.9. The number of benzene rings is 1. The molecule has 2 rings (SSSR count). The van der Waals surface area contributed by atoms with E-state index in [1.165, 1.54) is 0 Å². The SMILES string of the molecule is Cc1c(Cl)cccc1Cl.N=C/C(NC=O)=C(\N)C(=O)NC1CCN(P(=O)(O)O)CC1. The molecule has 0 saturated carbocycles. The van der Waals surface area contributed by atoms with Crippen LogP contribution in [0.3, 0.4) is 0 Å². The number of carbonyl (C=O) groups is 2. The van der Waals surface area contributed by atoms with Crippen molar-refractivity contribution in [2.24, 2.45) is 5.73 Å². The average Bonchev–Trinajstić information content (AvgIpc) is 2.70. The summed E-state index contributed by atoms with van der Waals surface area (Å²) in [6.07, 6.45) is 1.79. The third-order valence-corrected chi connectivity index (χ3v) is 6.23. The first-order valence-corrected chi connectivity index (χ1v) is 11.1. The maximum Gasteiger partial charge on any atom is 0.402 e. The third-order valence-electron chi connectivity index (χ3n) is 4.27. The highest BCUT2D eigenvalue weighted by atomic mass is 35.5. The van der Waals surface area contributed by atoms with Crippen molar-refractivity contribution < 1.29 is 23.9 Å². The van der Waals surface area contributed by atoms with Crippen LogP contribution in [-0.2, 0) is 14.2 Å². The number of halogens is 2. The summed E-state index contributed by atoms with van der Waals surface area (Å²) in [4.78, 5) is 40.2. The highest BCUT2D eigenvalue weighted by Crippen LogP contribution is 2.41. The van der Waals surface area contributed by atoms with E-state index in [0.717, 1.165) is 26.5 Å². The molecular weight excluding hydrogens is 456 g/mol. The Balaban J connectivity index is 0.000000414. The van der Waals surface area contributed by atoms with Crippen LogP contribution in [0.25, 0.3) is 0 Å². The summed E-state index contributed by atoms with van der Waals surface area (Å²) in [5.41, 5.74) is 6.06. The van der Waals surface area contributed by atoms with Crippen molar-refractivity contribution in [2.45, 2.75) is 25.8 Å². The molecule has 1 aliphatic heterocycles. The Morgan fingerprint density at radius 2 is 1.83 bits per heavy atom. The number of nitrogens with two attached hydrogens (primary N) is 1. The van der Waals surface area contributed by atoms with E-state index in [-0.39, 0.29) is 30.5 Å². The number of piperidine rings is 1. The molecule has 1 aliphatic rings. The number of rotatable bonds is 6. The van der Waals surface area contributed by atoms with Crippen molar-refractivity contribution in [2.75, 3.05) is 13.1 Å². The molecule has 30 heavy (non-hydrogen) atoms. The van der Waals surface area contributed by atoms with Gasteiger partial charge in [-0.3, -0.25) is 9.59 Å². The summed E-state index contributed by atoms with van der Waals surface area (Å²) in [5.74, 6) is -0.641. The molecule has 13 heteroatoms. The summed E-state index contributed by atoms with van der Waals surface area (Å²) >= 11 is 11.5. The van der Waals surface area contributed by atoms with E-state index >= 15 is 0 Å². The molecule has 1 aromatic rings. The number of hydrogen-bond donors (Lipinski definition) is 6. The zero-order chi connectivity index (χ0) is 22.9. The molecule has 0 atom stereocenters. The van der Waals surface area contributed by atoms with Crippen LogP contribution in [0.15, 0.2) is 29.6 Å². The first-order valence-electron chi connectivity index (χ1n) is 8.74. The predicted molar refractivity (Wildman–Crippen MR) is 115 cm³/mol. The van der Waals surface area contributed by atoms with Crippen LogP contribution in [0, 0.1) is 12.3 Å². The van der Waals surface area contributed by atoms with E-state index in [4.69, 9.17) is 44.1 Å². The Kier molecular flexibility index (Phi) is 10.5. The van der Waals surface area contributed by atoms with E-state index in [0.29, 0.717) is 19.3 Å². The fraction of sp³-hybridized carbons (Fsp3) is 0.353. The maximum absolute atomic E-state index is 11.8. The van der Waals surface area contributed by atoms with Gasteiger partial charge >= 0.3 is 7.75 Å². The highest BCUT2D eigenvalue weighted by Gasteiger charge is 2.31. The molecule has 0 radical (unpaired) electrons. The van der Waals surface area contributed by atoms with Crippen molar-refractivity contribution in [1.82, 2.24) is 15.3 Å². The molecule has 1 saturated heterocycles. The second-order valence-electron chi connectivity index (χ2n) is 6.30. The lowest BCUT2D eigenvalue weighted by atomic mass is 10.1. The number of hydrogen-bond acceptors (Lipinski definition) is 5. The number of nitrogens with zero attached hydrogens (tertiary/aromatic N) is 1. The minimum atomic E-state index is -4.24. The van der Waals surface area contributed by atoms with E-state index in [1.807, 2.05) is 25.1 Å². The lowest BCUT2D eigenvalue weighted by Gasteiger charge is -2.32. The second-order valence-corrected chi connectivity index (χ2v) is 8.70. The fourth-order valence-electron chi connectivity index (χ4n) is 2.50. The zero-order valence-corrected chi connectivity index (χ0v) is 18.5. The van der Waals surface area contributed by atoms with Crippen molar-refractivity contribution in [1.29, 1.82) is 5.41 Å². The lowest BCUT2D eigenvalue weighted by molar-refractivity contribution is -0.118. The van der Waals surface area contributed by atoms with Gasteiger partial charge in [0.2, 0.25) is 6.41 Å². The quantitative estimate of drug-likeness (QED) is 0.155. The van der Waals surface area contributed by atoms with Crippen LogP contribution < -0.4 is 16.4 Å². The molecule has 166 valence electrons. The Labute approximate surface area is 184 Å². The Hall–Kier alpha value is -1.94. The van der Waals surface area contributed by atoms with Crippen molar-refractivity contribution >= 4 is 49.5 Å². The van der Waals surface area contributed by atoms with Gasteiger partial charge in [-0.25, -0.2) is 9.24 Å². The number of nitrogens with one attached hydrogen (secondary N) is 3. The summed E-state index contributed by atoms with van der Waals surface area (Å²) in [6.45, 7) is 2.20. The van der Waals surface area contributed by atoms with Crippen molar-refractivity contribution in [3.63, 3.8) is 0 Å². The summed E-state index contributed by atoms with van der Waals surface area (Å²) in [7, 11) is -4.24. The van der Waals surface area contributed by atoms with Gasteiger partial charge in [0.25, 0.3) is 5.91 Å². The van der Waals surface area contributed by atoms with Gasteiger partial charge in [0.05, 0.1) is 5.70 Å². The van der Waals surface area contributed by atoms with Crippen molar-refractivity contribution in [3.05, 3.63) is 45.2 Å². The maximum atomic E-state index is 11.8. The molecule has 0 aromatic heterocycles. The largest absolute Gasteiger partial charge is 0.402 e. The molecule has 0 spiro atoms. The van der Waals surface area contributed by atoms with E-state index < -0.39 is 13.7 Å². The minimum Gasteiger partial charge on any atom is -0.393 e. The van der Waals surface area contributed by atoms with E-state index in [1.54, 1.807) is 0 Å². The van der Waals surface area contributed by atoms with E-state index in [2.05, 4.69) is 10.6 Å². The van der Waals surface area contributed by atoms with Gasteiger partial charge in [-0.05, 0) is 37.5 Å². The summed E-state index contributed by atoms with van der Waals surface area (Å²) < 4.78 is 12.1. The number of amides is 2. The van der Waals surface area contributed by atoms with Crippen LogP contribution in [0.2, 0.25) is 10.0 Å². The monoisotopic (exact) mass is 479 g/mol. The first kappa shape index (κ1) is 26.1. The van der Waals surface area contributed by atoms with E-state index in [9.17, 15) is 14.2 Å². The molecular formula is C17H24Cl2N5O5P. The number of allylic oxidation sites excluding steroid dienone is 1. The molecule has 0 unspecified atom stereocenters. The smallest absolute Gasteiger partial charge is 0.393 e. The molecule has 1 aromatic carbocycles. The molecule has 0 bridgehead atoms. The summed E-state index contributed by atoms with van der Waals surface area (Å²) in [5, 5.41) is 13.2. The van der Waals surface area contributed by atoms with Gasteiger partial charge in [0.15, 0.2) is 0 Å². The Morgan fingerprint density at radius 1 is 1.30 bits per heavy atom. The Bertz CT molecular complexity index is 833. The van der Waals surface area contributed by atoms with Gasteiger partial charge < -0.3 is 31.6 Å². The molecule has 7 N–H and O–H groups in total. The molecule has 0 aliphatic carbocycles. The average molecular weight is 480 g/mol. The van der Waals surface area contributed by atoms with Crippen LogP contribution in [0.4, 0.5) is 0 Å². The van der Waals surface area contributed by atoms with Crippen LogP contribution in [0.5, 0.6) is 0 Å². The molecule has 1 heterocycles. The molecule has 1 fully saturated rings. The van der Waals surface area contributed by atoms with Crippen molar-refractivity contribution in [3.8, 4) is 0 Å². The first-order chi connectivity index (χ1) is 14.0. The van der Waals surface area contributed by atoms with Crippen LogP contribution >= 0.6 is 30.9 Å². The number of carbonyl (C=O) groups excluding carboxylic acids is 2. The minimum absolute atomic E-state index is 0.116. The third kappa shape index (κ3) is 8.06. The second kappa shape index (κ2) is 12.0. The van der Waals surface area contributed by atoms with Gasteiger partial charge in [0.1, 0.15) is 5.70 Å². The van der Waals surface area contributed by atoms with Crippen LogP contribution in [-0.4, -0.2) is 52.1 Å². The van der Waals surface area contributed by atoms with Gasteiger partial charge in [-0.2, -0.15) is 0 Å². The fourth-order valence-corrected chi connectivity index (χ4v) is 3.65. The summed E-state index contributed by atoms with van der Waals surface area (Å²) in [6, 6.07) is 5.20. The molecule has 2 amide bonds. The highest BCUT2D eigenvalue weighted by molar-refractivity contribution is 7.49. The van der Waals surface area contributed by atoms with Gasteiger partial charge in [0, 0.05) is 35.4 Å². The standard InChI is InChI=1S/C10H18N5O5P.C7H6Cl2/c11-5-8(13-6-16)9(12)10(17)14-7-1-3-15(4-2-7)21(18,19)20;1-5-6(8)3-2-4-7(5)9/h5-7,11H,1-4,12H2,(H,13,16)(H,14,17)(H2,18,19,20);2-4H,1H3/b9-8+,11-5?;. The zero-order valence-electron chi connectivity index (χ0n) is 16.1. The Morgan fingerprint density at radius 3 is 2.23 bits per heavy atom. The lowest BCUT2D eigenvalue weighted by Crippen LogP contribution is -2.45.